The molecule has 1 N–H and O–H groups in total. The molecule has 16 heavy (non-hydrogen) atoms. The maximum Gasteiger partial charge on any atom is 0.223 e. The van der Waals surface area contributed by atoms with E-state index in [-0.39, 0.29) is 23.4 Å². The molecule has 2 rings (SSSR count). The van der Waals surface area contributed by atoms with E-state index in [1.165, 1.54) is 0 Å². The van der Waals surface area contributed by atoms with Crippen LogP contribution in [0.1, 0.15) is 46.0 Å². The Labute approximate surface area is 96.4 Å². The molecule has 0 aromatic heterocycles. The summed E-state index contributed by atoms with van der Waals surface area (Å²) >= 11 is 0. The van der Waals surface area contributed by atoms with Gasteiger partial charge in [-0.25, -0.2) is 0 Å². The number of carbonyl (C=O) groups is 2. The summed E-state index contributed by atoms with van der Waals surface area (Å²) in [5.41, 5.74) is -0.129. The average molecular weight is 224 g/mol. The van der Waals surface area contributed by atoms with Crippen molar-refractivity contribution in [1.29, 1.82) is 0 Å². The van der Waals surface area contributed by atoms with E-state index in [1.54, 1.807) is 0 Å². The minimum absolute atomic E-state index is 0.129. The van der Waals surface area contributed by atoms with Gasteiger partial charge in [0.2, 0.25) is 11.8 Å². The van der Waals surface area contributed by atoms with E-state index in [4.69, 9.17) is 0 Å². The van der Waals surface area contributed by atoms with Gasteiger partial charge in [-0.05, 0) is 33.1 Å². The molecule has 2 aliphatic heterocycles. The molecular formula is C12H20N2O2. The van der Waals surface area contributed by atoms with Gasteiger partial charge in [0.25, 0.3) is 0 Å². The highest BCUT2D eigenvalue weighted by Gasteiger charge is 2.37. The Morgan fingerprint density at radius 1 is 1.38 bits per heavy atom. The third-order valence-corrected chi connectivity index (χ3v) is 3.64. The van der Waals surface area contributed by atoms with Crippen molar-refractivity contribution in [3.05, 3.63) is 0 Å². The van der Waals surface area contributed by atoms with Crippen LogP contribution in [-0.4, -0.2) is 34.8 Å². The summed E-state index contributed by atoms with van der Waals surface area (Å²) in [5, 5.41) is 2.97. The summed E-state index contributed by atoms with van der Waals surface area (Å²) in [5.74, 6) is 0.405. The molecule has 0 aromatic rings. The first-order valence-electron chi connectivity index (χ1n) is 6.09. The highest BCUT2D eigenvalue weighted by atomic mass is 16.2. The maximum absolute atomic E-state index is 11.7. The summed E-state index contributed by atoms with van der Waals surface area (Å²) < 4.78 is 0. The molecule has 0 spiro atoms. The van der Waals surface area contributed by atoms with Gasteiger partial charge in [-0.2, -0.15) is 0 Å². The first-order chi connectivity index (χ1) is 7.49. The van der Waals surface area contributed by atoms with E-state index < -0.39 is 0 Å². The predicted molar refractivity (Wildman–Crippen MR) is 60.8 cm³/mol. The SMILES string of the molecule is CC(C)(CC1CCC(=O)N1)N1CCCC1=O. The molecule has 0 bridgehead atoms. The van der Waals surface area contributed by atoms with Crippen molar-refractivity contribution in [2.24, 2.45) is 0 Å². The molecule has 0 saturated carbocycles. The molecular weight excluding hydrogens is 204 g/mol. The maximum atomic E-state index is 11.7. The lowest BCUT2D eigenvalue weighted by atomic mass is 9.92. The fourth-order valence-corrected chi connectivity index (χ4v) is 2.83. The number of hydrogen-bond acceptors (Lipinski definition) is 2. The van der Waals surface area contributed by atoms with Crippen LogP contribution in [0.5, 0.6) is 0 Å². The van der Waals surface area contributed by atoms with Gasteiger partial charge in [-0.15, -0.1) is 0 Å². The minimum atomic E-state index is -0.129. The molecule has 2 saturated heterocycles. The number of rotatable bonds is 3. The minimum Gasteiger partial charge on any atom is -0.353 e. The second-order valence-electron chi connectivity index (χ2n) is 5.47. The fourth-order valence-electron chi connectivity index (χ4n) is 2.83. The molecule has 2 amide bonds. The standard InChI is InChI=1S/C12H20N2O2/c1-12(2,14-7-3-4-11(14)16)8-9-5-6-10(15)13-9/h9H,3-8H2,1-2H3,(H,13,15). The van der Waals surface area contributed by atoms with E-state index in [2.05, 4.69) is 19.2 Å². The van der Waals surface area contributed by atoms with Crippen molar-refractivity contribution in [2.75, 3.05) is 6.54 Å². The number of hydrogen-bond donors (Lipinski definition) is 1. The molecule has 2 aliphatic rings. The summed E-state index contributed by atoms with van der Waals surface area (Å²) in [6, 6.07) is 0.246. The largest absolute Gasteiger partial charge is 0.353 e. The van der Waals surface area contributed by atoms with Gasteiger partial charge in [0.05, 0.1) is 0 Å². The number of amides is 2. The lowest BCUT2D eigenvalue weighted by molar-refractivity contribution is -0.132. The van der Waals surface area contributed by atoms with E-state index in [9.17, 15) is 9.59 Å². The molecule has 1 unspecified atom stereocenters. The Bertz CT molecular complexity index is 312. The number of nitrogens with one attached hydrogen (secondary N) is 1. The van der Waals surface area contributed by atoms with Crippen molar-refractivity contribution >= 4 is 11.8 Å². The van der Waals surface area contributed by atoms with Gasteiger partial charge in [-0.3, -0.25) is 9.59 Å². The summed E-state index contributed by atoms with van der Waals surface area (Å²) in [6.07, 6.45) is 4.06. The van der Waals surface area contributed by atoms with Crippen molar-refractivity contribution < 1.29 is 9.59 Å². The van der Waals surface area contributed by atoms with Crippen LogP contribution >= 0.6 is 0 Å². The molecule has 2 fully saturated rings. The van der Waals surface area contributed by atoms with Crippen LogP contribution in [0.15, 0.2) is 0 Å². The van der Waals surface area contributed by atoms with Crippen molar-refractivity contribution in [3.8, 4) is 0 Å². The topological polar surface area (TPSA) is 49.4 Å². The van der Waals surface area contributed by atoms with Crippen molar-refractivity contribution in [3.63, 3.8) is 0 Å². The fraction of sp³-hybridized carbons (Fsp3) is 0.833. The van der Waals surface area contributed by atoms with Gasteiger partial charge in [0, 0.05) is 31.0 Å². The normalized spacial score (nSPS) is 26.4. The van der Waals surface area contributed by atoms with Crippen LogP contribution in [0.25, 0.3) is 0 Å². The molecule has 4 heteroatoms. The van der Waals surface area contributed by atoms with Gasteiger partial charge in [0.15, 0.2) is 0 Å². The van der Waals surface area contributed by atoms with Gasteiger partial charge < -0.3 is 10.2 Å². The monoisotopic (exact) mass is 224 g/mol. The zero-order valence-corrected chi connectivity index (χ0v) is 10.1. The zero-order chi connectivity index (χ0) is 11.8. The molecule has 0 radical (unpaired) electrons. The van der Waals surface area contributed by atoms with Crippen LogP contribution in [0, 0.1) is 0 Å². The van der Waals surface area contributed by atoms with Crippen LogP contribution in [0.4, 0.5) is 0 Å². The Hall–Kier alpha value is -1.06. The van der Waals surface area contributed by atoms with E-state index in [0.717, 1.165) is 25.8 Å². The first kappa shape index (κ1) is 11.4. The van der Waals surface area contributed by atoms with Crippen molar-refractivity contribution in [2.45, 2.75) is 57.5 Å². The van der Waals surface area contributed by atoms with Gasteiger partial charge in [-0.1, -0.05) is 0 Å². The number of likely N-dealkylation sites (tertiary alicyclic amines) is 1. The molecule has 0 aromatic carbocycles. The Kier molecular flexibility index (Phi) is 2.91. The predicted octanol–water partition coefficient (Wildman–Crippen LogP) is 1.06. The molecule has 4 nitrogen and oxygen atoms in total. The number of carbonyl (C=O) groups excluding carboxylic acids is 2. The Balaban J connectivity index is 1.96. The molecule has 2 heterocycles. The Morgan fingerprint density at radius 3 is 2.62 bits per heavy atom. The van der Waals surface area contributed by atoms with Gasteiger partial charge in [0.1, 0.15) is 0 Å². The second kappa shape index (κ2) is 4.07. The lowest BCUT2D eigenvalue weighted by Crippen LogP contribution is -2.48. The van der Waals surface area contributed by atoms with E-state index >= 15 is 0 Å². The third kappa shape index (κ3) is 2.20. The quantitative estimate of drug-likeness (QED) is 0.779. The van der Waals surface area contributed by atoms with E-state index in [0.29, 0.717) is 12.8 Å². The highest BCUT2D eigenvalue weighted by molar-refractivity contribution is 5.79. The smallest absolute Gasteiger partial charge is 0.223 e. The molecule has 0 aliphatic carbocycles. The van der Waals surface area contributed by atoms with Crippen molar-refractivity contribution in [1.82, 2.24) is 10.2 Å². The lowest BCUT2D eigenvalue weighted by Gasteiger charge is -2.37. The molecule has 1 atom stereocenters. The summed E-state index contributed by atoms with van der Waals surface area (Å²) in [4.78, 5) is 24.8. The highest BCUT2D eigenvalue weighted by Crippen LogP contribution is 2.28. The first-order valence-corrected chi connectivity index (χ1v) is 6.09. The Morgan fingerprint density at radius 2 is 2.12 bits per heavy atom. The number of nitrogens with zero attached hydrogens (tertiary/aromatic N) is 1. The van der Waals surface area contributed by atoms with Gasteiger partial charge >= 0.3 is 0 Å². The average Bonchev–Trinajstić information content (AvgIpc) is 2.74. The van der Waals surface area contributed by atoms with Crippen LogP contribution in [-0.2, 0) is 9.59 Å². The van der Waals surface area contributed by atoms with Crippen LogP contribution < -0.4 is 5.32 Å². The van der Waals surface area contributed by atoms with Crippen LogP contribution in [0.2, 0.25) is 0 Å². The second-order valence-corrected chi connectivity index (χ2v) is 5.47. The van der Waals surface area contributed by atoms with Crippen LogP contribution in [0.3, 0.4) is 0 Å². The van der Waals surface area contributed by atoms with E-state index in [1.807, 2.05) is 4.90 Å². The summed E-state index contributed by atoms with van der Waals surface area (Å²) in [7, 11) is 0. The third-order valence-electron chi connectivity index (χ3n) is 3.64. The zero-order valence-electron chi connectivity index (χ0n) is 10.1. The molecule has 90 valence electrons. The summed E-state index contributed by atoms with van der Waals surface area (Å²) in [6.45, 7) is 5.06.